The van der Waals surface area contributed by atoms with Gasteiger partial charge in [-0.2, -0.15) is 5.26 Å². The van der Waals surface area contributed by atoms with Gasteiger partial charge < -0.3 is 10.0 Å². The van der Waals surface area contributed by atoms with E-state index < -0.39 is 6.10 Å². The third kappa shape index (κ3) is 5.77. The van der Waals surface area contributed by atoms with Gasteiger partial charge in [0.25, 0.3) is 0 Å². The van der Waals surface area contributed by atoms with E-state index in [0.717, 1.165) is 16.8 Å². The molecule has 1 atom stereocenters. The van der Waals surface area contributed by atoms with Gasteiger partial charge in [-0.05, 0) is 36.2 Å². The van der Waals surface area contributed by atoms with Crippen molar-refractivity contribution in [1.82, 2.24) is 0 Å². The summed E-state index contributed by atoms with van der Waals surface area (Å²) in [5.74, 6) is 0.575. The van der Waals surface area contributed by atoms with Crippen molar-refractivity contribution in [1.29, 1.82) is 5.26 Å². The molecule has 0 aliphatic heterocycles. The smallest absolute Gasteiger partial charge is 0.237 e. The van der Waals surface area contributed by atoms with E-state index in [2.05, 4.69) is 6.07 Å². The van der Waals surface area contributed by atoms with Crippen molar-refractivity contribution >= 4 is 35.0 Å². The third-order valence-electron chi connectivity index (χ3n) is 3.89. The van der Waals surface area contributed by atoms with Gasteiger partial charge >= 0.3 is 0 Å². The van der Waals surface area contributed by atoms with E-state index in [1.807, 2.05) is 43.3 Å². The molecule has 0 aromatic heterocycles. The maximum absolute atomic E-state index is 12.6. The molecule has 1 amide bonds. The van der Waals surface area contributed by atoms with E-state index in [9.17, 15) is 9.90 Å². The van der Waals surface area contributed by atoms with Crippen LogP contribution in [0.1, 0.15) is 23.7 Å². The van der Waals surface area contributed by atoms with Crippen molar-refractivity contribution < 1.29 is 9.90 Å². The predicted octanol–water partition coefficient (Wildman–Crippen LogP) is 4.36. The van der Waals surface area contributed by atoms with Crippen LogP contribution in [-0.4, -0.2) is 29.1 Å². The number of carbonyl (C=O) groups excluding carboxylic acids is 1. The Balaban J connectivity index is 1.98. The second-order valence-electron chi connectivity index (χ2n) is 5.83. The average molecular weight is 389 g/mol. The molecule has 0 fully saturated rings. The number of aliphatic hydroxyl groups is 1. The Bertz CT molecular complexity index is 777. The lowest BCUT2D eigenvalue weighted by Crippen LogP contribution is -2.33. The maximum atomic E-state index is 12.6. The molecule has 1 N–H and O–H groups in total. The lowest BCUT2D eigenvalue weighted by molar-refractivity contribution is -0.116. The number of nitriles is 1. The first-order chi connectivity index (χ1) is 12.5. The van der Waals surface area contributed by atoms with Gasteiger partial charge in [0.05, 0.1) is 24.3 Å². The highest BCUT2D eigenvalue weighted by molar-refractivity contribution is 8.00. The Hall–Kier alpha value is -2.00. The quantitative estimate of drug-likeness (QED) is 0.729. The first-order valence-electron chi connectivity index (χ1n) is 8.27. The minimum Gasteiger partial charge on any atom is -0.388 e. The highest BCUT2D eigenvalue weighted by atomic mass is 35.5. The average Bonchev–Trinajstić information content (AvgIpc) is 2.65. The van der Waals surface area contributed by atoms with E-state index in [4.69, 9.17) is 16.9 Å². The number of nitrogens with zero attached hydrogens (tertiary/aromatic N) is 2. The van der Waals surface area contributed by atoms with Crippen molar-refractivity contribution in [2.45, 2.75) is 19.4 Å². The van der Waals surface area contributed by atoms with Crippen LogP contribution in [0.15, 0.2) is 48.5 Å². The second kappa shape index (κ2) is 10.2. The standard InChI is InChI=1S/C20H21ClN2O2S/c1-15-12-17(8-9-18(15)21)23(11-5-10-22)20(25)14-26-13-19(24)16-6-3-2-4-7-16/h2-4,6-9,12,19,24H,5,11,13-14H2,1H3. The predicted molar refractivity (Wildman–Crippen MR) is 107 cm³/mol. The van der Waals surface area contributed by atoms with E-state index in [1.54, 1.807) is 17.0 Å². The number of hydrogen-bond acceptors (Lipinski definition) is 4. The number of rotatable bonds is 8. The topological polar surface area (TPSA) is 64.3 Å². The summed E-state index contributed by atoms with van der Waals surface area (Å²) < 4.78 is 0. The highest BCUT2D eigenvalue weighted by Crippen LogP contribution is 2.24. The summed E-state index contributed by atoms with van der Waals surface area (Å²) >= 11 is 7.44. The zero-order valence-corrected chi connectivity index (χ0v) is 16.1. The normalized spacial score (nSPS) is 11.6. The van der Waals surface area contributed by atoms with Crippen LogP contribution in [0.25, 0.3) is 0 Å². The van der Waals surface area contributed by atoms with Crippen LogP contribution in [0.3, 0.4) is 0 Å². The molecule has 0 bridgehead atoms. The Labute approximate surface area is 163 Å². The molecule has 2 aromatic rings. The first kappa shape index (κ1) is 20.3. The molecule has 0 heterocycles. The molecule has 2 aromatic carbocycles. The van der Waals surface area contributed by atoms with Crippen LogP contribution in [0.4, 0.5) is 5.69 Å². The summed E-state index contributed by atoms with van der Waals surface area (Å²) in [6.45, 7) is 2.21. The first-order valence-corrected chi connectivity index (χ1v) is 9.80. The number of aryl methyl sites for hydroxylation is 1. The minimum atomic E-state index is -0.612. The van der Waals surface area contributed by atoms with E-state index >= 15 is 0 Å². The molecule has 2 rings (SSSR count). The fourth-order valence-corrected chi connectivity index (χ4v) is 3.45. The molecular weight excluding hydrogens is 368 g/mol. The van der Waals surface area contributed by atoms with E-state index in [1.165, 1.54) is 11.8 Å². The fraction of sp³-hybridized carbons (Fsp3) is 0.300. The number of anilines is 1. The molecular formula is C20H21ClN2O2S. The van der Waals surface area contributed by atoms with Crippen LogP contribution < -0.4 is 4.90 Å². The largest absolute Gasteiger partial charge is 0.388 e. The molecule has 4 nitrogen and oxygen atoms in total. The van der Waals surface area contributed by atoms with E-state index in [0.29, 0.717) is 17.3 Å². The van der Waals surface area contributed by atoms with Gasteiger partial charge in [-0.3, -0.25) is 4.79 Å². The number of carbonyl (C=O) groups is 1. The van der Waals surface area contributed by atoms with Crippen molar-refractivity contribution in [3.05, 3.63) is 64.7 Å². The van der Waals surface area contributed by atoms with Crippen molar-refractivity contribution in [3.8, 4) is 6.07 Å². The molecule has 136 valence electrons. The Kier molecular flexibility index (Phi) is 7.99. The van der Waals surface area contributed by atoms with Gasteiger partial charge in [-0.15, -0.1) is 11.8 Å². The van der Waals surface area contributed by atoms with Gasteiger partial charge in [-0.25, -0.2) is 0 Å². The summed E-state index contributed by atoms with van der Waals surface area (Å²) in [6.07, 6.45) is -0.357. The summed E-state index contributed by atoms with van der Waals surface area (Å²) in [5.41, 5.74) is 2.45. The fourth-order valence-electron chi connectivity index (χ4n) is 2.46. The molecule has 0 radical (unpaired) electrons. The molecule has 26 heavy (non-hydrogen) atoms. The highest BCUT2D eigenvalue weighted by Gasteiger charge is 2.17. The Morgan fingerprint density at radius 3 is 2.69 bits per heavy atom. The third-order valence-corrected chi connectivity index (χ3v) is 5.31. The van der Waals surface area contributed by atoms with Gasteiger partial charge in [0, 0.05) is 23.0 Å². The van der Waals surface area contributed by atoms with Gasteiger partial charge in [-0.1, -0.05) is 41.9 Å². The molecule has 0 saturated heterocycles. The number of benzene rings is 2. The minimum absolute atomic E-state index is 0.0905. The van der Waals surface area contributed by atoms with Crippen LogP contribution >= 0.6 is 23.4 Å². The maximum Gasteiger partial charge on any atom is 0.237 e. The van der Waals surface area contributed by atoms with Crippen LogP contribution in [0.2, 0.25) is 5.02 Å². The summed E-state index contributed by atoms with van der Waals surface area (Å²) in [5, 5.41) is 19.7. The molecule has 6 heteroatoms. The van der Waals surface area contributed by atoms with Crippen molar-refractivity contribution in [2.24, 2.45) is 0 Å². The zero-order chi connectivity index (χ0) is 18.9. The molecule has 1 unspecified atom stereocenters. The SMILES string of the molecule is Cc1cc(N(CCC#N)C(=O)CSCC(O)c2ccccc2)ccc1Cl. The van der Waals surface area contributed by atoms with Crippen LogP contribution in [0.5, 0.6) is 0 Å². The number of halogens is 1. The van der Waals surface area contributed by atoms with Gasteiger partial charge in [0.15, 0.2) is 0 Å². The summed E-state index contributed by atoms with van der Waals surface area (Å²) in [6, 6.07) is 16.8. The van der Waals surface area contributed by atoms with Crippen molar-refractivity contribution in [2.75, 3.05) is 23.0 Å². The second-order valence-corrected chi connectivity index (χ2v) is 7.27. The molecule has 0 saturated carbocycles. The number of aliphatic hydroxyl groups excluding tert-OH is 1. The number of hydrogen-bond donors (Lipinski definition) is 1. The number of thioether (sulfide) groups is 1. The van der Waals surface area contributed by atoms with Crippen LogP contribution in [0, 0.1) is 18.3 Å². The lowest BCUT2D eigenvalue weighted by Gasteiger charge is -2.22. The zero-order valence-electron chi connectivity index (χ0n) is 14.6. The molecule has 0 aliphatic carbocycles. The van der Waals surface area contributed by atoms with Gasteiger partial charge in [0.1, 0.15) is 0 Å². The molecule has 0 aliphatic rings. The van der Waals surface area contributed by atoms with Gasteiger partial charge in [0.2, 0.25) is 5.91 Å². The summed E-state index contributed by atoms with van der Waals surface area (Å²) in [7, 11) is 0. The molecule has 0 spiro atoms. The Morgan fingerprint density at radius 2 is 2.04 bits per heavy atom. The van der Waals surface area contributed by atoms with Crippen LogP contribution in [-0.2, 0) is 4.79 Å². The summed E-state index contributed by atoms with van der Waals surface area (Å²) in [4.78, 5) is 14.3. The van der Waals surface area contributed by atoms with E-state index in [-0.39, 0.29) is 18.1 Å². The lowest BCUT2D eigenvalue weighted by atomic mass is 10.1. The van der Waals surface area contributed by atoms with Crippen molar-refractivity contribution in [3.63, 3.8) is 0 Å². The Morgan fingerprint density at radius 1 is 1.31 bits per heavy atom. The monoisotopic (exact) mass is 388 g/mol. The number of amides is 1.